The van der Waals surface area contributed by atoms with Crippen molar-refractivity contribution in [3.8, 4) is 0 Å². The molecule has 1 atom stereocenters. The smallest absolute Gasteiger partial charge is 0.226 e. The summed E-state index contributed by atoms with van der Waals surface area (Å²) in [6, 6.07) is 0. The lowest BCUT2D eigenvalue weighted by Gasteiger charge is -2.22. The zero-order chi connectivity index (χ0) is 16.0. The highest BCUT2D eigenvalue weighted by atomic mass is 16.5. The van der Waals surface area contributed by atoms with Gasteiger partial charge in [-0.1, -0.05) is 25.9 Å². The van der Waals surface area contributed by atoms with Crippen LogP contribution in [0.4, 0.5) is 0 Å². The molecule has 1 aromatic rings. The van der Waals surface area contributed by atoms with Crippen LogP contribution in [0.2, 0.25) is 0 Å². The zero-order valence-corrected chi connectivity index (χ0v) is 13.9. The van der Waals surface area contributed by atoms with Crippen LogP contribution in [0.25, 0.3) is 0 Å². The molecule has 0 aliphatic carbocycles. The highest BCUT2D eigenvalue weighted by Gasteiger charge is 2.20. The van der Waals surface area contributed by atoms with E-state index in [1.807, 2.05) is 0 Å². The summed E-state index contributed by atoms with van der Waals surface area (Å²) in [7, 11) is 0. The van der Waals surface area contributed by atoms with Gasteiger partial charge in [0.25, 0.3) is 0 Å². The first kappa shape index (κ1) is 16.9. The Morgan fingerprint density at radius 1 is 1.45 bits per heavy atom. The van der Waals surface area contributed by atoms with Crippen molar-refractivity contribution >= 4 is 5.91 Å². The molecule has 2 N–H and O–H groups in total. The standard InChI is InChI=1S/C16H28N4O2/c1-16(2,3)15-19-14(22-20-15)8-4-7-13(21)18-11-12-6-5-9-17-10-12/h12,17H,4-11H2,1-3H3,(H,18,21). The van der Waals surface area contributed by atoms with Gasteiger partial charge in [0.1, 0.15) is 0 Å². The van der Waals surface area contributed by atoms with Crippen molar-refractivity contribution < 1.29 is 9.32 Å². The Labute approximate surface area is 132 Å². The van der Waals surface area contributed by atoms with Crippen molar-refractivity contribution in [2.45, 2.75) is 58.3 Å². The lowest BCUT2D eigenvalue weighted by Crippen LogP contribution is -2.38. The molecular weight excluding hydrogens is 280 g/mol. The van der Waals surface area contributed by atoms with Gasteiger partial charge in [0, 0.05) is 24.8 Å². The third-order valence-corrected chi connectivity index (χ3v) is 3.92. The molecule has 1 fully saturated rings. The van der Waals surface area contributed by atoms with Crippen molar-refractivity contribution in [3.05, 3.63) is 11.7 Å². The van der Waals surface area contributed by atoms with Crippen molar-refractivity contribution in [2.75, 3.05) is 19.6 Å². The summed E-state index contributed by atoms with van der Waals surface area (Å²) < 4.78 is 5.23. The number of amides is 1. The van der Waals surface area contributed by atoms with Crippen LogP contribution in [0.5, 0.6) is 0 Å². The Morgan fingerprint density at radius 2 is 2.27 bits per heavy atom. The van der Waals surface area contributed by atoms with Crippen molar-refractivity contribution in [3.63, 3.8) is 0 Å². The minimum Gasteiger partial charge on any atom is -0.356 e. The summed E-state index contributed by atoms with van der Waals surface area (Å²) in [4.78, 5) is 16.2. The topological polar surface area (TPSA) is 80.0 Å². The van der Waals surface area contributed by atoms with E-state index in [-0.39, 0.29) is 11.3 Å². The first-order valence-corrected chi connectivity index (χ1v) is 8.25. The first-order valence-electron chi connectivity index (χ1n) is 8.25. The van der Waals surface area contributed by atoms with Gasteiger partial charge < -0.3 is 15.2 Å². The maximum Gasteiger partial charge on any atom is 0.226 e. The molecule has 0 spiro atoms. The van der Waals surface area contributed by atoms with Crippen LogP contribution in [-0.2, 0) is 16.6 Å². The zero-order valence-electron chi connectivity index (χ0n) is 13.9. The van der Waals surface area contributed by atoms with Gasteiger partial charge in [-0.05, 0) is 38.3 Å². The van der Waals surface area contributed by atoms with E-state index in [0.29, 0.717) is 24.7 Å². The Morgan fingerprint density at radius 3 is 2.91 bits per heavy atom. The summed E-state index contributed by atoms with van der Waals surface area (Å²) in [6.07, 6.45) is 4.30. The third kappa shape index (κ3) is 5.40. The number of carbonyl (C=O) groups excluding carboxylic acids is 1. The molecule has 1 aliphatic rings. The Kier molecular flexibility index (Phi) is 5.94. The molecule has 0 saturated carbocycles. The number of nitrogens with zero attached hydrogens (tertiary/aromatic N) is 2. The van der Waals surface area contributed by atoms with Gasteiger partial charge in [0.05, 0.1) is 0 Å². The summed E-state index contributed by atoms with van der Waals surface area (Å²) in [6.45, 7) is 9.04. The van der Waals surface area contributed by atoms with Gasteiger partial charge >= 0.3 is 0 Å². The second-order valence-electron chi connectivity index (χ2n) is 7.13. The summed E-state index contributed by atoms with van der Waals surface area (Å²) >= 11 is 0. The number of hydrogen-bond acceptors (Lipinski definition) is 5. The lowest BCUT2D eigenvalue weighted by atomic mass is 9.96. The SMILES string of the molecule is CC(C)(C)c1noc(CCCC(=O)NCC2CCCNC2)n1. The van der Waals surface area contributed by atoms with Gasteiger partial charge in [-0.25, -0.2) is 0 Å². The van der Waals surface area contributed by atoms with Gasteiger partial charge in [-0.2, -0.15) is 4.98 Å². The van der Waals surface area contributed by atoms with Gasteiger partial charge in [0.15, 0.2) is 5.82 Å². The predicted octanol–water partition coefficient (Wildman–Crippen LogP) is 1.81. The normalized spacial score (nSPS) is 19.1. The van der Waals surface area contributed by atoms with E-state index in [1.165, 1.54) is 12.8 Å². The number of aryl methyl sites for hydroxylation is 1. The second-order valence-corrected chi connectivity index (χ2v) is 7.13. The maximum atomic E-state index is 11.8. The first-order chi connectivity index (χ1) is 10.4. The number of hydrogen-bond donors (Lipinski definition) is 2. The molecule has 1 amide bonds. The van der Waals surface area contributed by atoms with E-state index >= 15 is 0 Å². The molecule has 2 heterocycles. The highest BCUT2D eigenvalue weighted by molar-refractivity contribution is 5.75. The maximum absolute atomic E-state index is 11.8. The minimum absolute atomic E-state index is 0.104. The molecule has 1 unspecified atom stereocenters. The molecule has 22 heavy (non-hydrogen) atoms. The third-order valence-electron chi connectivity index (χ3n) is 3.92. The van der Waals surface area contributed by atoms with E-state index in [9.17, 15) is 4.79 Å². The van der Waals surface area contributed by atoms with E-state index in [0.717, 1.165) is 31.9 Å². The quantitative estimate of drug-likeness (QED) is 0.838. The average molecular weight is 308 g/mol. The van der Waals surface area contributed by atoms with Crippen LogP contribution in [0.3, 0.4) is 0 Å². The molecule has 6 heteroatoms. The Balaban J connectivity index is 1.63. The summed E-state index contributed by atoms with van der Waals surface area (Å²) in [5.74, 6) is 2.02. The molecule has 2 rings (SSSR count). The lowest BCUT2D eigenvalue weighted by molar-refractivity contribution is -0.121. The fourth-order valence-corrected chi connectivity index (χ4v) is 2.51. The number of rotatable bonds is 6. The molecule has 1 saturated heterocycles. The van der Waals surface area contributed by atoms with Crippen LogP contribution in [0, 0.1) is 5.92 Å². The summed E-state index contributed by atoms with van der Waals surface area (Å²) in [5.41, 5.74) is -0.104. The van der Waals surface area contributed by atoms with Gasteiger partial charge in [-0.15, -0.1) is 0 Å². The molecule has 1 aliphatic heterocycles. The molecule has 0 radical (unpaired) electrons. The van der Waals surface area contributed by atoms with E-state index in [1.54, 1.807) is 0 Å². The second kappa shape index (κ2) is 7.72. The van der Waals surface area contributed by atoms with Crippen LogP contribution < -0.4 is 10.6 Å². The molecular formula is C16H28N4O2. The Bertz CT molecular complexity index is 473. The van der Waals surface area contributed by atoms with Gasteiger partial charge in [-0.3, -0.25) is 4.79 Å². The van der Waals surface area contributed by atoms with E-state index in [4.69, 9.17) is 4.52 Å². The highest BCUT2D eigenvalue weighted by Crippen LogP contribution is 2.18. The van der Waals surface area contributed by atoms with Crippen molar-refractivity contribution in [1.82, 2.24) is 20.8 Å². The van der Waals surface area contributed by atoms with Crippen LogP contribution in [0.1, 0.15) is 58.2 Å². The fraction of sp³-hybridized carbons (Fsp3) is 0.812. The molecule has 6 nitrogen and oxygen atoms in total. The number of carbonyl (C=O) groups is 1. The van der Waals surface area contributed by atoms with E-state index in [2.05, 4.69) is 41.5 Å². The molecule has 0 aromatic carbocycles. The monoisotopic (exact) mass is 308 g/mol. The van der Waals surface area contributed by atoms with Crippen molar-refractivity contribution in [1.29, 1.82) is 0 Å². The van der Waals surface area contributed by atoms with E-state index < -0.39 is 0 Å². The minimum atomic E-state index is -0.104. The number of aromatic nitrogens is 2. The molecule has 0 bridgehead atoms. The predicted molar refractivity (Wildman–Crippen MR) is 84.5 cm³/mol. The largest absolute Gasteiger partial charge is 0.356 e. The number of nitrogens with one attached hydrogen (secondary N) is 2. The van der Waals surface area contributed by atoms with Crippen LogP contribution in [0.15, 0.2) is 4.52 Å². The molecule has 1 aromatic heterocycles. The summed E-state index contributed by atoms with van der Waals surface area (Å²) in [5, 5.41) is 10.4. The average Bonchev–Trinajstić information content (AvgIpc) is 2.95. The Hall–Kier alpha value is -1.43. The van der Waals surface area contributed by atoms with Crippen LogP contribution in [-0.4, -0.2) is 35.7 Å². The van der Waals surface area contributed by atoms with Crippen LogP contribution >= 0.6 is 0 Å². The van der Waals surface area contributed by atoms with Crippen molar-refractivity contribution in [2.24, 2.45) is 5.92 Å². The fourth-order valence-electron chi connectivity index (χ4n) is 2.51. The molecule has 124 valence electrons. The number of piperidine rings is 1. The van der Waals surface area contributed by atoms with Gasteiger partial charge in [0.2, 0.25) is 11.8 Å².